The topological polar surface area (TPSA) is 84.5 Å². The molecule has 7 heteroatoms. The number of carbonyl (C=O) groups is 1. The fourth-order valence-electron chi connectivity index (χ4n) is 3.10. The Morgan fingerprint density at radius 1 is 1.20 bits per heavy atom. The van der Waals surface area contributed by atoms with Gasteiger partial charge in [0.2, 0.25) is 15.9 Å². The molecule has 1 unspecified atom stereocenters. The maximum atomic E-state index is 12.9. The molecule has 0 fully saturated rings. The Balaban J connectivity index is 1.93. The number of sulfonamides is 1. The Morgan fingerprint density at radius 2 is 1.96 bits per heavy atom. The van der Waals surface area contributed by atoms with E-state index < -0.39 is 10.0 Å². The third-order valence-electron chi connectivity index (χ3n) is 4.20. The van der Waals surface area contributed by atoms with Crippen molar-refractivity contribution in [3.8, 4) is 5.75 Å². The molecule has 0 bridgehead atoms. The Hall–Kier alpha value is -2.38. The van der Waals surface area contributed by atoms with Gasteiger partial charge in [-0.15, -0.1) is 0 Å². The molecule has 1 aliphatic carbocycles. The molecule has 2 aromatic carbocycles. The van der Waals surface area contributed by atoms with Crippen LogP contribution >= 0.6 is 0 Å². The third kappa shape index (κ3) is 3.67. The third-order valence-corrected chi connectivity index (χ3v) is 5.70. The van der Waals surface area contributed by atoms with Gasteiger partial charge in [-0.1, -0.05) is 24.3 Å². The number of rotatable bonds is 5. The first-order valence-electron chi connectivity index (χ1n) is 7.96. The van der Waals surface area contributed by atoms with Crippen LogP contribution in [0.1, 0.15) is 30.5 Å². The molecule has 0 spiro atoms. The monoisotopic (exact) mass is 360 g/mol. The van der Waals surface area contributed by atoms with E-state index in [0.29, 0.717) is 12.1 Å². The number of fused-ring (bicyclic) bond motifs is 1. The molecule has 1 atom stereocenters. The maximum absolute atomic E-state index is 12.9. The van der Waals surface area contributed by atoms with E-state index in [1.807, 2.05) is 24.3 Å². The standard InChI is InChI=1S/C18H20N2O4S/c1-12(21)19-14-8-10-17(24-2)18(11-14)25(22,23)20-16-9-7-13-5-3-4-6-15(13)16/h3-6,8,10-11,16,20H,7,9H2,1-2H3,(H,19,21). The number of anilines is 1. The van der Waals surface area contributed by atoms with Gasteiger partial charge in [-0.3, -0.25) is 4.79 Å². The van der Waals surface area contributed by atoms with Crippen molar-refractivity contribution in [1.29, 1.82) is 0 Å². The summed E-state index contributed by atoms with van der Waals surface area (Å²) in [6, 6.07) is 12.1. The minimum absolute atomic E-state index is 0.00521. The van der Waals surface area contributed by atoms with Gasteiger partial charge in [-0.25, -0.2) is 13.1 Å². The van der Waals surface area contributed by atoms with Gasteiger partial charge in [0.25, 0.3) is 0 Å². The molecule has 0 saturated carbocycles. The Kier molecular flexibility index (Phi) is 4.78. The van der Waals surface area contributed by atoms with E-state index in [4.69, 9.17) is 4.74 Å². The highest BCUT2D eigenvalue weighted by Gasteiger charge is 2.29. The van der Waals surface area contributed by atoms with Crippen molar-refractivity contribution in [2.75, 3.05) is 12.4 Å². The number of amides is 1. The summed E-state index contributed by atoms with van der Waals surface area (Å²) in [5.41, 5.74) is 2.57. The molecule has 2 N–H and O–H groups in total. The number of aryl methyl sites for hydroxylation is 1. The highest BCUT2D eigenvalue weighted by Crippen LogP contribution is 2.34. The molecule has 0 heterocycles. The lowest BCUT2D eigenvalue weighted by molar-refractivity contribution is -0.114. The van der Waals surface area contributed by atoms with Gasteiger partial charge in [-0.2, -0.15) is 0 Å². The molecule has 6 nitrogen and oxygen atoms in total. The van der Waals surface area contributed by atoms with Crippen molar-refractivity contribution in [1.82, 2.24) is 4.72 Å². The number of benzene rings is 2. The highest BCUT2D eigenvalue weighted by molar-refractivity contribution is 7.89. The molecule has 25 heavy (non-hydrogen) atoms. The second-order valence-corrected chi connectivity index (χ2v) is 7.64. The molecule has 0 radical (unpaired) electrons. The molecule has 2 aromatic rings. The van der Waals surface area contributed by atoms with E-state index in [0.717, 1.165) is 17.5 Å². The Bertz CT molecular complexity index is 909. The molecule has 0 saturated heterocycles. The highest BCUT2D eigenvalue weighted by atomic mass is 32.2. The molecule has 132 valence electrons. The molecular formula is C18H20N2O4S. The van der Waals surface area contributed by atoms with E-state index in [2.05, 4.69) is 10.0 Å². The van der Waals surface area contributed by atoms with E-state index >= 15 is 0 Å². The minimum Gasteiger partial charge on any atom is -0.495 e. The van der Waals surface area contributed by atoms with E-state index in [1.165, 1.54) is 26.2 Å². The summed E-state index contributed by atoms with van der Waals surface area (Å²) in [5, 5.41) is 2.59. The maximum Gasteiger partial charge on any atom is 0.244 e. The number of nitrogens with one attached hydrogen (secondary N) is 2. The van der Waals surface area contributed by atoms with E-state index in [1.54, 1.807) is 6.07 Å². The summed E-state index contributed by atoms with van der Waals surface area (Å²) in [5.74, 6) is -0.0425. The number of hydrogen-bond donors (Lipinski definition) is 2. The van der Waals surface area contributed by atoms with Crippen molar-refractivity contribution in [2.45, 2.75) is 30.7 Å². The van der Waals surface area contributed by atoms with Gasteiger partial charge in [0.1, 0.15) is 10.6 Å². The molecule has 0 aliphatic heterocycles. The van der Waals surface area contributed by atoms with Gasteiger partial charge < -0.3 is 10.1 Å². The molecule has 1 amide bonds. The van der Waals surface area contributed by atoms with Crippen molar-refractivity contribution >= 4 is 21.6 Å². The van der Waals surface area contributed by atoms with Crippen molar-refractivity contribution < 1.29 is 17.9 Å². The van der Waals surface area contributed by atoms with Crippen LogP contribution < -0.4 is 14.8 Å². The first-order valence-corrected chi connectivity index (χ1v) is 9.45. The molecular weight excluding hydrogens is 340 g/mol. The zero-order valence-electron chi connectivity index (χ0n) is 14.1. The first-order chi connectivity index (χ1) is 11.9. The van der Waals surface area contributed by atoms with Crippen LogP contribution in [0.25, 0.3) is 0 Å². The van der Waals surface area contributed by atoms with Crippen LogP contribution in [0.15, 0.2) is 47.4 Å². The lowest BCUT2D eigenvalue weighted by Crippen LogP contribution is -2.28. The van der Waals surface area contributed by atoms with Gasteiger partial charge in [-0.05, 0) is 42.2 Å². The number of carbonyl (C=O) groups excluding carboxylic acids is 1. The van der Waals surface area contributed by atoms with Gasteiger partial charge in [0.05, 0.1) is 7.11 Å². The molecule has 0 aromatic heterocycles. The normalized spacial score (nSPS) is 16.3. The van der Waals surface area contributed by atoms with Crippen LogP contribution in [-0.2, 0) is 21.2 Å². The number of ether oxygens (including phenoxy) is 1. The Labute approximate surface area is 147 Å². The summed E-state index contributed by atoms with van der Waals surface area (Å²) >= 11 is 0. The fourth-order valence-corrected chi connectivity index (χ4v) is 4.54. The van der Waals surface area contributed by atoms with Crippen molar-refractivity contribution in [2.24, 2.45) is 0 Å². The summed E-state index contributed by atoms with van der Waals surface area (Å²) in [6.07, 6.45) is 1.55. The smallest absolute Gasteiger partial charge is 0.244 e. The van der Waals surface area contributed by atoms with E-state index in [9.17, 15) is 13.2 Å². The molecule has 3 rings (SSSR count). The SMILES string of the molecule is COc1ccc(NC(C)=O)cc1S(=O)(=O)NC1CCc2ccccc21. The van der Waals surface area contributed by atoms with E-state index in [-0.39, 0.29) is 22.6 Å². The Morgan fingerprint density at radius 3 is 2.68 bits per heavy atom. The fraction of sp³-hybridized carbons (Fsp3) is 0.278. The van der Waals surface area contributed by atoms with Crippen LogP contribution in [0.3, 0.4) is 0 Å². The zero-order chi connectivity index (χ0) is 18.0. The predicted octanol–water partition coefficient (Wildman–Crippen LogP) is 2.62. The summed E-state index contributed by atoms with van der Waals surface area (Å²) in [7, 11) is -2.40. The van der Waals surface area contributed by atoms with Crippen molar-refractivity contribution in [3.05, 3.63) is 53.6 Å². The summed E-state index contributed by atoms with van der Waals surface area (Å²) < 4.78 is 33.8. The zero-order valence-corrected chi connectivity index (χ0v) is 14.9. The van der Waals surface area contributed by atoms with Crippen LogP contribution in [-0.4, -0.2) is 21.4 Å². The first kappa shape index (κ1) is 17.4. The van der Waals surface area contributed by atoms with Gasteiger partial charge in [0.15, 0.2) is 0 Å². The average molecular weight is 360 g/mol. The summed E-state index contributed by atoms with van der Waals surface area (Å²) in [4.78, 5) is 11.2. The van der Waals surface area contributed by atoms with Gasteiger partial charge >= 0.3 is 0 Å². The van der Waals surface area contributed by atoms with Crippen LogP contribution in [0, 0.1) is 0 Å². The van der Waals surface area contributed by atoms with Crippen LogP contribution in [0.2, 0.25) is 0 Å². The average Bonchev–Trinajstić information content (AvgIpc) is 2.97. The lowest BCUT2D eigenvalue weighted by Gasteiger charge is -2.17. The molecule has 1 aliphatic rings. The van der Waals surface area contributed by atoms with Crippen molar-refractivity contribution in [3.63, 3.8) is 0 Å². The largest absolute Gasteiger partial charge is 0.495 e. The number of methoxy groups -OCH3 is 1. The minimum atomic E-state index is -3.81. The summed E-state index contributed by atoms with van der Waals surface area (Å²) in [6.45, 7) is 1.37. The quantitative estimate of drug-likeness (QED) is 0.858. The predicted molar refractivity (Wildman–Crippen MR) is 95.1 cm³/mol. The second kappa shape index (κ2) is 6.85. The second-order valence-electron chi connectivity index (χ2n) is 5.96. The number of hydrogen-bond acceptors (Lipinski definition) is 4. The van der Waals surface area contributed by atoms with Gasteiger partial charge in [0, 0.05) is 18.7 Å². The van der Waals surface area contributed by atoms with Crippen LogP contribution in [0.4, 0.5) is 5.69 Å². The van der Waals surface area contributed by atoms with Crippen LogP contribution in [0.5, 0.6) is 5.75 Å². The lowest BCUT2D eigenvalue weighted by atomic mass is 10.1.